The third kappa shape index (κ3) is 6.50. The Morgan fingerprint density at radius 3 is 2.67 bits per heavy atom. The second-order valence-corrected chi connectivity index (χ2v) is 4.66. The van der Waals surface area contributed by atoms with Gasteiger partial charge in [-0.1, -0.05) is 6.92 Å². The molecule has 0 unspecified atom stereocenters. The lowest BCUT2D eigenvalue weighted by Crippen LogP contribution is -2.37. The van der Waals surface area contributed by atoms with E-state index >= 15 is 0 Å². The first kappa shape index (κ1) is 17.3. The average Bonchev–Trinajstić information content (AvgIpc) is 2.51. The van der Waals surface area contributed by atoms with Crippen LogP contribution in [0, 0.1) is 0 Å². The van der Waals surface area contributed by atoms with Crippen LogP contribution in [-0.2, 0) is 16.1 Å². The molecule has 1 aromatic heterocycles. The number of methoxy groups -OCH3 is 1. The van der Waals surface area contributed by atoms with E-state index in [1.165, 1.54) is 0 Å². The number of nitrogens with zero attached hydrogens (tertiary/aromatic N) is 3. The van der Waals surface area contributed by atoms with Crippen LogP contribution in [0.5, 0.6) is 0 Å². The van der Waals surface area contributed by atoms with Gasteiger partial charge in [0.15, 0.2) is 0 Å². The first-order chi connectivity index (χ1) is 10.2. The fourth-order valence-electron chi connectivity index (χ4n) is 1.78. The van der Waals surface area contributed by atoms with Crippen molar-refractivity contribution in [3.8, 4) is 0 Å². The van der Waals surface area contributed by atoms with Crippen molar-refractivity contribution in [2.75, 3.05) is 45.3 Å². The van der Waals surface area contributed by atoms with Crippen LogP contribution in [0.3, 0.4) is 0 Å². The second kappa shape index (κ2) is 10.1. The van der Waals surface area contributed by atoms with E-state index in [2.05, 4.69) is 27.5 Å². The third-order valence-electron chi connectivity index (χ3n) is 2.89. The van der Waals surface area contributed by atoms with Gasteiger partial charge in [0.1, 0.15) is 0 Å². The van der Waals surface area contributed by atoms with E-state index in [1.807, 2.05) is 4.90 Å². The summed E-state index contributed by atoms with van der Waals surface area (Å²) in [6.07, 6.45) is 4.50. The molecule has 118 valence electrons. The SMILES string of the molecule is CCCN(CC(=O)NC)c1ncc(CNCCOC)cn1. The summed E-state index contributed by atoms with van der Waals surface area (Å²) in [5.41, 5.74) is 1.01. The molecule has 7 nitrogen and oxygen atoms in total. The molecule has 0 aromatic carbocycles. The van der Waals surface area contributed by atoms with Crippen molar-refractivity contribution in [1.82, 2.24) is 20.6 Å². The minimum atomic E-state index is -0.0441. The topological polar surface area (TPSA) is 79.4 Å². The Kier molecular flexibility index (Phi) is 8.30. The monoisotopic (exact) mass is 295 g/mol. The summed E-state index contributed by atoms with van der Waals surface area (Å²) in [5.74, 6) is 0.540. The molecule has 21 heavy (non-hydrogen) atoms. The first-order valence-corrected chi connectivity index (χ1v) is 7.17. The molecule has 1 aromatic rings. The van der Waals surface area contributed by atoms with Crippen LogP contribution in [0.2, 0.25) is 0 Å². The number of carbonyl (C=O) groups excluding carboxylic acids is 1. The van der Waals surface area contributed by atoms with Crippen LogP contribution in [0.1, 0.15) is 18.9 Å². The fraction of sp³-hybridized carbons (Fsp3) is 0.643. The van der Waals surface area contributed by atoms with Crippen molar-refractivity contribution in [1.29, 1.82) is 0 Å². The van der Waals surface area contributed by atoms with Crippen LogP contribution in [-0.4, -0.2) is 56.3 Å². The van der Waals surface area contributed by atoms with Crippen molar-refractivity contribution >= 4 is 11.9 Å². The third-order valence-corrected chi connectivity index (χ3v) is 2.89. The molecule has 0 aliphatic rings. The highest BCUT2D eigenvalue weighted by Crippen LogP contribution is 2.07. The van der Waals surface area contributed by atoms with E-state index in [9.17, 15) is 4.79 Å². The number of ether oxygens (including phenoxy) is 1. The van der Waals surface area contributed by atoms with Gasteiger partial charge < -0.3 is 20.3 Å². The summed E-state index contributed by atoms with van der Waals surface area (Å²) in [4.78, 5) is 22.1. The molecule has 7 heteroatoms. The molecule has 0 bridgehead atoms. The van der Waals surface area contributed by atoms with E-state index < -0.39 is 0 Å². The van der Waals surface area contributed by atoms with E-state index in [0.29, 0.717) is 19.1 Å². The summed E-state index contributed by atoms with van der Waals surface area (Å²) < 4.78 is 4.97. The van der Waals surface area contributed by atoms with Gasteiger partial charge in [-0.3, -0.25) is 4.79 Å². The van der Waals surface area contributed by atoms with Crippen LogP contribution < -0.4 is 15.5 Å². The quantitative estimate of drug-likeness (QED) is 0.599. The molecule has 1 rings (SSSR count). The number of nitrogens with one attached hydrogen (secondary N) is 2. The Hall–Kier alpha value is -1.73. The van der Waals surface area contributed by atoms with Gasteiger partial charge in [0, 0.05) is 51.7 Å². The molecule has 0 aliphatic carbocycles. The van der Waals surface area contributed by atoms with Gasteiger partial charge in [-0.05, 0) is 6.42 Å². The fourth-order valence-corrected chi connectivity index (χ4v) is 1.78. The Bertz CT molecular complexity index is 410. The van der Waals surface area contributed by atoms with Crippen molar-refractivity contribution in [3.63, 3.8) is 0 Å². The largest absolute Gasteiger partial charge is 0.383 e. The van der Waals surface area contributed by atoms with Gasteiger partial charge in [0.05, 0.1) is 13.2 Å². The smallest absolute Gasteiger partial charge is 0.239 e. The summed E-state index contributed by atoms with van der Waals surface area (Å²) in [7, 11) is 3.30. The second-order valence-electron chi connectivity index (χ2n) is 4.66. The highest BCUT2D eigenvalue weighted by molar-refractivity contribution is 5.80. The van der Waals surface area contributed by atoms with E-state index in [4.69, 9.17) is 4.74 Å². The van der Waals surface area contributed by atoms with E-state index in [-0.39, 0.29) is 12.5 Å². The number of anilines is 1. The Balaban J connectivity index is 2.58. The molecular formula is C14H25N5O2. The standard InChI is InChI=1S/C14H25N5O2/c1-4-6-19(11-13(20)15-2)14-17-9-12(10-18-14)8-16-5-7-21-3/h9-10,16H,4-8,11H2,1-3H3,(H,15,20). The minimum Gasteiger partial charge on any atom is -0.383 e. The Morgan fingerprint density at radius 1 is 1.38 bits per heavy atom. The molecule has 1 amide bonds. The first-order valence-electron chi connectivity index (χ1n) is 7.17. The normalized spacial score (nSPS) is 10.4. The molecule has 0 saturated heterocycles. The number of amides is 1. The van der Waals surface area contributed by atoms with Crippen molar-refractivity contribution in [2.45, 2.75) is 19.9 Å². The number of aromatic nitrogens is 2. The molecule has 0 radical (unpaired) electrons. The van der Waals surface area contributed by atoms with Crippen LogP contribution >= 0.6 is 0 Å². The van der Waals surface area contributed by atoms with Crippen molar-refractivity contribution < 1.29 is 9.53 Å². The molecule has 2 N–H and O–H groups in total. The van der Waals surface area contributed by atoms with Crippen LogP contribution in [0.15, 0.2) is 12.4 Å². The molecule has 0 aliphatic heterocycles. The lowest BCUT2D eigenvalue weighted by atomic mass is 10.3. The molecule has 1 heterocycles. The predicted octanol–water partition coefficient (Wildman–Crippen LogP) is 0.175. The Labute approximate surface area is 126 Å². The summed E-state index contributed by atoms with van der Waals surface area (Å²) >= 11 is 0. The highest BCUT2D eigenvalue weighted by Gasteiger charge is 2.12. The zero-order chi connectivity index (χ0) is 15.5. The van der Waals surface area contributed by atoms with E-state index in [1.54, 1.807) is 26.6 Å². The lowest BCUT2D eigenvalue weighted by Gasteiger charge is -2.20. The summed E-state index contributed by atoms with van der Waals surface area (Å²) in [6, 6.07) is 0. The minimum absolute atomic E-state index is 0.0441. The highest BCUT2D eigenvalue weighted by atomic mass is 16.5. The maximum absolute atomic E-state index is 11.5. The molecule has 0 spiro atoms. The number of rotatable bonds is 10. The van der Waals surface area contributed by atoms with Gasteiger partial charge in [-0.2, -0.15) is 0 Å². The zero-order valence-corrected chi connectivity index (χ0v) is 13.1. The van der Waals surface area contributed by atoms with Crippen molar-refractivity contribution in [3.05, 3.63) is 18.0 Å². The Morgan fingerprint density at radius 2 is 2.10 bits per heavy atom. The van der Waals surface area contributed by atoms with Gasteiger partial charge in [-0.25, -0.2) is 9.97 Å². The average molecular weight is 295 g/mol. The maximum atomic E-state index is 11.5. The van der Waals surface area contributed by atoms with Gasteiger partial charge >= 0.3 is 0 Å². The summed E-state index contributed by atoms with van der Waals surface area (Å²) in [5, 5.41) is 5.85. The molecule has 0 atom stereocenters. The number of carbonyl (C=O) groups is 1. The number of hydrogen-bond acceptors (Lipinski definition) is 6. The van der Waals surface area contributed by atoms with Gasteiger partial charge in [-0.15, -0.1) is 0 Å². The molecule has 0 fully saturated rings. The maximum Gasteiger partial charge on any atom is 0.239 e. The number of likely N-dealkylation sites (N-methyl/N-ethyl adjacent to an activating group) is 1. The lowest BCUT2D eigenvalue weighted by molar-refractivity contribution is -0.119. The number of hydrogen-bond donors (Lipinski definition) is 2. The van der Waals surface area contributed by atoms with Gasteiger partial charge in [0.25, 0.3) is 0 Å². The van der Waals surface area contributed by atoms with Crippen molar-refractivity contribution in [2.24, 2.45) is 0 Å². The predicted molar refractivity (Wildman–Crippen MR) is 82.2 cm³/mol. The summed E-state index contributed by atoms with van der Waals surface area (Å²) in [6.45, 7) is 5.25. The van der Waals surface area contributed by atoms with Crippen LogP contribution in [0.25, 0.3) is 0 Å². The molecule has 0 saturated carbocycles. The van der Waals surface area contributed by atoms with Crippen LogP contribution in [0.4, 0.5) is 5.95 Å². The molecular weight excluding hydrogens is 270 g/mol. The van der Waals surface area contributed by atoms with E-state index in [0.717, 1.165) is 25.1 Å². The van der Waals surface area contributed by atoms with Gasteiger partial charge in [0.2, 0.25) is 11.9 Å². The zero-order valence-electron chi connectivity index (χ0n) is 13.1.